The van der Waals surface area contributed by atoms with Crippen molar-refractivity contribution < 1.29 is 4.74 Å². The number of ether oxygens (including phenoxy) is 1. The predicted molar refractivity (Wildman–Crippen MR) is 69.9 cm³/mol. The molecule has 2 radical (unpaired) electrons. The number of hydrogen-bond acceptors (Lipinski definition) is 2. The maximum Gasteiger partial charge on any atom is 0.110 e. The second-order valence-electron chi connectivity index (χ2n) is 5.48. The molecule has 1 aliphatic rings. The standard InChI is InChI=1S/C13H26BNO/c1-4-5-6-7-8-13(2,3)15-9-10-16-12(14)11-15/h12H,4-11H2,1-3H3. The summed E-state index contributed by atoms with van der Waals surface area (Å²) in [5.74, 6) is 0. The van der Waals surface area contributed by atoms with Gasteiger partial charge in [0.1, 0.15) is 7.85 Å². The lowest BCUT2D eigenvalue weighted by molar-refractivity contribution is -0.0316. The van der Waals surface area contributed by atoms with Crippen LogP contribution in [0, 0.1) is 0 Å². The fourth-order valence-electron chi connectivity index (χ4n) is 2.37. The van der Waals surface area contributed by atoms with Gasteiger partial charge in [-0.1, -0.05) is 32.6 Å². The minimum atomic E-state index is -0.0938. The Morgan fingerprint density at radius 3 is 2.69 bits per heavy atom. The zero-order valence-electron chi connectivity index (χ0n) is 11.2. The van der Waals surface area contributed by atoms with E-state index in [2.05, 4.69) is 25.7 Å². The Kier molecular flexibility index (Phi) is 5.84. The molecule has 1 rings (SSSR count). The second kappa shape index (κ2) is 6.66. The molecule has 0 aromatic carbocycles. The molecule has 1 atom stereocenters. The summed E-state index contributed by atoms with van der Waals surface area (Å²) in [5, 5.41) is 0. The molecule has 16 heavy (non-hydrogen) atoms. The largest absolute Gasteiger partial charge is 0.385 e. The van der Waals surface area contributed by atoms with Gasteiger partial charge < -0.3 is 4.74 Å². The highest BCUT2D eigenvalue weighted by atomic mass is 16.5. The minimum absolute atomic E-state index is 0.0938. The molecular weight excluding hydrogens is 197 g/mol. The van der Waals surface area contributed by atoms with E-state index in [0.29, 0.717) is 0 Å². The fourth-order valence-corrected chi connectivity index (χ4v) is 2.37. The van der Waals surface area contributed by atoms with Crippen molar-refractivity contribution in [2.45, 2.75) is 64.4 Å². The molecule has 0 bridgehead atoms. The maximum atomic E-state index is 5.83. The maximum absolute atomic E-state index is 5.83. The van der Waals surface area contributed by atoms with Crippen LogP contribution in [0.1, 0.15) is 52.9 Å². The van der Waals surface area contributed by atoms with Gasteiger partial charge in [0.2, 0.25) is 0 Å². The van der Waals surface area contributed by atoms with Gasteiger partial charge in [-0.2, -0.15) is 0 Å². The molecule has 1 aliphatic heterocycles. The summed E-state index contributed by atoms with van der Waals surface area (Å²) in [7, 11) is 5.83. The molecule has 0 saturated carbocycles. The van der Waals surface area contributed by atoms with Gasteiger partial charge in [-0.3, -0.25) is 4.90 Å². The third-order valence-corrected chi connectivity index (χ3v) is 3.59. The van der Waals surface area contributed by atoms with E-state index in [1.165, 1.54) is 32.1 Å². The average Bonchev–Trinajstić information content (AvgIpc) is 2.24. The van der Waals surface area contributed by atoms with Crippen LogP contribution in [0.15, 0.2) is 0 Å². The molecule has 92 valence electrons. The van der Waals surface area contributed by atoms with Crippen molar-refractivity contribution in [1.29, 1.82) is 0 Å². The summed E-state index contributed by atoms with van der Waals surface area (Å²) >= 11 is 0. The zero-order chi connectivity index (χ0) is 12.0. The first-order valence-electron chi connectivity index (χ1n) is 6.68. The lowest BCUT2D eigenvalue weighted by Gasteiger charge is -2.43. The molecule has 1 heterocycles. The molecule has 0 aliphatic carbocycles. The van der Waals surface area contributed by atoms with Crippen LogP contribution in [0.3, 0.4) is 0 Å². The Hall–Kier alpha value is -0.0151. The number of unbranched alkanes of at least 4 members (excludes halogenated alkanes) is 3. The monoisotopic (exact) mass is 223 g/mol. The van der Waals surface area contributed by atoms with Gasteiger partial charge in [-0.25, -0.2) is 0 Å². The Morgan fingerprint density at radius 1 is 1.31 bits per heavy atom. The quantitative estimate of drug-likeness (QED) is 0.507. The van der Waals surface area contributed by atoms with Crippen LogP contribution in [-0.4, -0.2) is 44.0 Å². The molecule has 0 spiro atoms. The fraction of sp³-hybridized carbons (Fsp3) is 1.00. The van der Waals surface area contributed by atoms with Crippen LogP contribution in [0.25, 0.3) is 0 Å². The van der Waals surface area contributed by atoms with Crippen LogP contribution < -0.4 is 0 Å². The minimum Gasteiger partial charge on any atom is -0.385 e. The van der Waals surface area contributed by atoms with Crippen molar-refractivity contribution in [1.82, 2.24) is 4.90 Å². The molecular formula is C13H26BNO. The van der Waals surface area contributed by atoms with E-state index in [1.54, 1.807) is 0 Å². The summed E-state index contributed by atoms with van der Waals surface area (Å²) in [6.07, 6.45) is 6.62. The Labute approximate surface area is 102 Å². The lowest BCUT2D eigenvalue weighted by atomic mass is 9.90. The topological polar surface area (TPSA) is 12.5 Å². The molecule has 1 unspecified atom stereocenters. The number of hydrogen-bond donors (Lipinski definition) is 0. The Balaban J connectivity index is 2.30. The summed E-state index contributed by atoms with van der Waals surface area (Å²) in [6.45, 7) is 9.59. The Bertz CT molecular complexity index is 196. The SMILES string of the molecule is [B]C1CN(C(C)(C)CCCCCC)CCO1. The van der Waals surface area contributed by atoms with E-state index in [0.717, 1.165) is 19.7 Å². The highest BCUT2D eigenvalue weighted by Crippen LogP contribution is 2.24. The van der Waals surface area contributed by atoms with Crippen molar-refractivity contribution in [3.05, 3.63) is 0 Å². The van der Waals surface area contributed by atoms with E-state index < -0.39 is 0 Å². The average molecular weight is 223 g/mol. The molecule has 3 heteroatoms. The third kappa shape index (κ3) is 4.46. The first-order valence-corrected chi connectivity index (χ1v) is 6.68. The molecule has 0 aromatic heterocycles. The van der Waals surface area contributed by atoms with Gasteiger partial charge in [-0.15, -0.1) is 0 Å². The van der Waals surface area contributed by atoms with Crippen LogP contribution in [0.5, 0.6) is 0 Å². The number of nitrogens with zero attached hydrogens (tertiary/aromatic N) is 1. The first-order chi connectivity index (χ1) is 7.56. The van der Waals surface area contributed by atoms with Gasteiger partial charge >= 0.3 is 0 Å². The summed E-state index contributed by atoms with van der Waals surface area (Å²) in [5.41, 5.74) is 0.273. The Morgan fingerprint density at radius 2 is 2.06 bits per heavy atom. The highest BCUT2D eigenvalue weighted by molar-refractivity contribution is 6.11. The second-order valence-corrected chi connectivity index (χ2v) is 5.48. The zero-order valence-corrected chi connectivity index (χ0v) is 11.2. The van der Waals surface area contributed by atoms with E-state index in [-0.39, 0.29) is 11.5 Å². The summed E-state index contributed by atoms with van der Waals surface area (Å²) in [4.78, 5) is 2.48. The van der Waals surface area contributed by atoms with Crippen LogP contribution in [0.2, 0.25) is 0 Å². The highest BCUT2D eigenvalue weighted by Gasteiger charge is 2.29. The molecule has 1 saturated heterocycles. The third-order valence-electron chi connectivity index (χ3n) is 3.59. The molecule has 0 amide bonds. The van der Waals surface area contributed by atoms with Crippen molar-refractivity contribution in [3.63, 3.8) is 0 Å². The van der Waals surface area contributed by atoms with Crippen molar-refractivity contribution in [3.8, 4) is 0 Å². The van der Waals surface area contributed by atoms with Crippen molar-refractivity contribution in [2.24, 2.45) is 0 Å². The van der Waals surface area contributed by atoms with E-state index >= 15 is 0 Å². The summed E-state index contributed by atoms with van der Waals surface area (Å²) in [6, 6.07) is -0.0938. The van der Waals surface area contributed by atoms with Crippen LogP contribution >= 0.6 is 0 Å². The molecule has 2 nitrogen and oxygen atoms in total. The van der Waals surface area contributed by atoms with E-state index in [4.69, 9.17) is 12.6 Å². The van der Waals surface area contributed by atoms with Crippen molar-refractivity contribution in [2.75, 3.05) is 19.7 Å². The smallest absolute Gasteiger partial charge is 0.110 e. The number of rotatable bonds is 6. The lowest BCUT2D eigenvalue weighted by Crippen LogP contribution is -2.53. The van der Waals surface area contributed by atoms with Crippen molar-refractivity contribution >= 4 is 7.85 Å². The van der Waals surface area contributed by atoms with Crippen LogP contribution in [-0.2, 0) is 4.74 Å². The van der Waals surface area contributed by atoms with Gasteiger partial charge in [0.15, 0.2) is 0 Å². The normalized spacial score (nSPS) is 23.6. The predicted octanol–water partition coefficient (Wildman–Crippen LogP) is 2.56. The van der Waals surface area contributed by atoms with E-state index in [1.807, 2.05) is 0 Å². The van der Waals surface area contributed by atoms with Gasteiger partial charge in [0.25, 0.3) is 0 Å². The van der Waals surface area contributed by atoms with Gasteiger partial charge in [0.05, 0.1) is 6.61 Å². The van der Waals surface area contributed by atoms with Gasteiger partial charge in [0, 0.05) is 24.6 Å². The van der Waals surface area contributed by atoms with Crippen LogP contribution in [0.4, 0.5) is 0 Å². The summed E-state index contributed by atoms with van der Waals surface area (Å²) < 4.78 is 5.38. The van der Waals surface area contributed by atoms with E-state index in [9.17, 15) is 0 Å². The first kappa shape index (κ1) is 14.0. The van der Waals surface area contributed by atoms with Gasteiger partial charge in [-0.05, 0) is 20.3 Å². The number of morpholine rings is 1. The molecule has 0 N–H and O–H groups in total. The molecule has 1 fully saturated rings. The molecule has 0 aromatic rings.